The van der Waals surface area contributed by atoms with E-state index in [1.807, 2.05) is 24.3 Å². The van der Waals surface area contributed by atoms with Crippen molar-refractivity contribution in [3.63, 3.8) is 0 Å². The molecule has 206 valence electrons. The summed E-state index contributed by atoms with van der Waals surface area (Å²) in [5, 5.41) is 20.0. The number of nitrogens with zero attached hydrogens (tertiary/aromatic N) is 1. The first-order valence-corrected chi connectivity index (χ1v) is 13.1. The largest absolute Gasteiger partial charge is 0.508 e. The van der Waals surface area contributed by atoms with E-state index in [0.717, 1.165) is 30.8 Å². The molecule has 3 atom stereocenters. The molecule has 3 aromatic carbocycles. The molecule has 1 fully saturated rings. The molecule has 2 aliphatic heterocycles. The minimum absolute atomic E-state index is 0.0234. The minimum Gasteiger partial charge on any atom is -0.508 e. The molecule has 2 aliphatic rings. The molecule has 0 bridgehead atoms. The molecule has 2 heterocycles. The first-order valence-electron chi connectivity index (χ1n) is 13.1. The summed E-state index contributed by atoms with van der Waals surface area (Å²) in [5.41, 5.74) is 1.66. The zero-order chi connectivity index (χ0) is 27.9. The molecule has 5 rings (SSSR count). The summed E-state index contributed by atoms with van der Waals surface area (Å²) < 4.78 is 53.3. The fourth-order valence-electron chi connectivity index (χ4n) is 5.41. The third-order valence-corrected chi connectivity index (χ3v) is 7.64. The van der Waals surface area contributed by atoms with Crippen molar-refractivity contribution in [3.05, 3.63) is 82.9 Å². The Balaban J connectivity index is 1.46. The van der Waals surface area contributed by atoms with E-state index in [1.54, 1.807) is 13.0 Å². The molecular weight excluding hydrogens is 507 g/mol. The number of rotatable bonds is 6. The maximum absolute atomic E-state index is 13.6. The van der Waals surface area contributed by atoms with Crippen molar-refractivity contribution < 1.29 is 32.9 Å². The molecule has 0 saturated carbocycles. The highest BCUT2D eigenvalue weighted by atomic mass is 19.4. The molecule has 5 nitrogen and oxygen atoms in total. The number of aromatic hydroxyl groups is 2. The van der Waals surface area contributed by atoms with Crippen molar-refractivity contribution >= 4 is 11.1 Å². The maximum Gasteiger partial charge on any atom is 0.419 e. The van der Waals surface area contributed by atoms with Crippen LogP contribution in [0.1, 0.15) is 55.5 Å². The minimum atomic E-state index is -4.72. The number of phenolic OH excluding ortho intramolecular Hbond substituents is 2. The Morgan fingerprint density at radius 3 is 2.46 bits per heavy atom. The second-order valence-corrected chi connectivity index (χ2v) is 10.6. The van der Waals surface area contributed by atoms with E-state index < -0.39 is 23.6 Å². The summed E-state index contributed by atoms with van der Waals surface area (Å²) in [5.74, 6) is 1.10. The second-order valence-electron chi connectivity index (χ2n) is 10.6. The van der Waals surface area contributed by atoms with Crippen LogP contribution in [0.15, 0.2) is 60.7 Å². The van der Waals surface area contributed by atoms with Gasteiger partial charge >= 0.3 is 6.18 Å². The highest BCUT2D eigenvalue weighted by Gasteiger charge is 2.36. The Bertz CT molecular complexity index is 1380. The van der Waals surface area contributed by atoms with Crippen LogP contribution in [0.5, 0.6) is 23.0 Å². The van der Waals surface area contributed by atoms with Crippen molar-refractivity contribution in [1.82, 2.24) is 4.90 Å². The average Bonchev–Trinajstić information content (AvgIpc) is 3.34. The van der Waals surface area contributed by atoms with Gasteiger partial charge in [0.15, 0.2) is 0 Å². The van der Waals surface area contributed by atoms with E-state index in [-0.39, 0.29) is 11.3 Å². The predicted molar refractivity (Wildman–Crippen MR) is 144 cm³/mol. The fourth-order valence-corrected chi connectivity index (χ4v) is 5.41. The third kappa shape index (κ3) is 5.57. The molecule has 0 aliphatic carbocycles. The molecular formula is C31H32F3NO4. The van der Waals surface area contributed by atoms with Gasteiger partial charge in [0.1, 0.15) is 35.7 Å². The Morgan fingerprint density at radius 1 is 1.05 bits per heavy atom. The fraction of sp³-hybridized carbons (Fsp3) is 0.355. The van der Waals surface area contributed by atoms with Gasteiger partial charge in [0, 0.05) is 23.7 Å². The van der Waals surface area contributed by atoms with E-state index in [1.165, 1.54) is 24.6 Å². The average molecular weight is 540 g/mol. The number of ether oxygens (including phenoxy) is 2. The maximum atomic E-state index is 13.6. The summed E-state index contributed by atoms with van der Waals surface area (Å²) >= 11 is 0. The van der Waals surface area contributed by atoms with Gasteiger partial charge in [-0.3, -0.25) is 4.90 Å². The quantitative estimate of drug-likeness (QED) is 0.345. The van der Waals surface area contributed by atoms with Crippen molar-refractivity contribution in [2.24, 2.45) is 5.92 Å². The van der Waals surface area contributed by atoms with Gasteiger partial charge in [-0.25, -0.2) is 0 Å². The number of allylic oxidation sites excluding steroid dienone is 1. The van der Waals surface area contributed by atoms with Crippen molar-refractivity contribution in [3.8, 4) is 23.0 Å². The van der Waals surface area contributed by atoms with Gasteiger partial charge in [-0.2, -0.15) is 13.2 Å². The highest BCUT2D eigenvalue weighted by Crippen LogP contribution is 2.48. The second kappa shape index (κ2) is 10.5. The van der Waals surface area contributed by atoms with E-state index in [4.69, 9.17) is 9.47 Å². The molecule has 1 saturated heterocycles. The normalized spacial score (nSPS) is 20.5. The topological polar surface area (TPSA) is 62.2 Å². The number of alkyl halides is 3. The first-order chi connectivity index (χ1) is 18.5. The van der Waals surface area contributed by atoms with Gasteiger partial charge in [-0.1, -0.05) is 25.1 Å². The SMILES string of the molecule is CC1=C(c2ccc(O)c(C(F)(F)F)c2)C(c2ccc(OCC(C)N3CC[C@@H](C)C3)cc2)Oc2ccc(O)cc21. The number of likely N-dealkylation sites (tertiary alicyclic amines) is 1. The Morgan fingerprint density at radius 2 is 1.79 bits per heavy atom. The van der Waals surface area contributed by atoms with Gasteiger partial charge in [-0.05, 0) is 91.9 Å². The summed E-state index contributed by atoms with van der Waals surface area (Å²) in [6.45, 7) is 8.91. The molecule has 3 aromatic rings. The van der Waals surface area contributed by atoms with Crippen LogP contribution in [0.25, 0.3) is 11.1 Å². The van der Waals surface area contributed by atoms with E-state index in [9.17, 15) is 23.4 Å². The summed E-state index contributed by atoms with van der Waals surface area (Å²) in [6, 6.07) is 15.8. The summed E-state index contributed by atoms with van der Waals surface area (Å²) in [4.78, 5) is 2.43. The standard InChI is InChI=1S/C31H32F3NO4/c1-18-12-13-35(16-18)19(2)17-38-24-8-4-21(5-9-24)30-29(20(3)25-15-23(36)7-11-28(25)39-30)22-6-10-27(37)26(14-22)31(32,33)34/h4-11,14-15,18-19,30,36-37H,12-13,16-17H2,1-3H3/t18-,19?,30?/m1/s1. The lowest BCUT2D eigenvalue weighted by Crippen LogP contribution is -2.35. The van der Waals surface area contributed by atoms with Gasteiger partial charge < -0.3 is 19.7 Å². The van der Waals surface area contributed by atoms with Crippen molar-refractivity contribution in [1.29, 1.82) is 0 Å². The van der Waals surface area contributed by atoms with Gasteiger partial charge in [0.25, 0.3) is 0 Å². The summed E-state index contributed by atoms with van der Waals surface area (Å²) in [6.07, 6.45) is -4.24. The number of phenols is 2. The molecule has 8 heteroatoms. The first kappa shape index (κ1) is 26.9. The van der Waals surface area contributed by atoms with Gasteiger partial charge in [0.2, 0.25) is 0 Å². The lowest BCUT2D eigenvalue weighted by molar-refractivity contribution is -0.138. The van der Waals surface area contributed by atoms with Crippen molar-refractivity contribution in [2.45, 2.75) is 45.5 Å². The Labute approximate surface area is 226 Å². The number of benzene rings is 3. The zero-order valence-electron chi connectivity index (χ0n) is 22.1. The number of fused-ring (bicyclic) bond motifs is 1. The van der Waals surface area contributed by atoms with Gasteiger partial charge in [-0.15, -0.1) is 0 Å². The van der Waals surface area contributed by atoms with E-state index in [2.05, 4.69) is 18.7 Å². The number of halogens is 3. The van der Waals surface area contributed by atoms with Crippen LogP contribution in [-0.4, -0.2) is 40.9 Å². The van der Waals surface area contributed by atoms with Crippen LogP contribution >= 0.6 is 0 Å². The molecule has 2 N–H and O–H groups in total. The monoisotopic (exact) mass is 539 g/mol. The van der Waals surface area contributed by atoms with Crippen molar-refractivity contribution in [2.75, 3.05) is 19.7 Å². The molecule has 39 heavy (non-hydrogen) atoms. The predicted octanol–water partition coefficient (Wildman–Crippen LogP) is 7.29. The molecule has 0 amide bonds. The van der Waals surface area contributed by atoms with Crippen LogP contribution < -0.4 is 9.47 Å². The van der Waals surface area contributed by atoms with Crippen LogP contribution in [0.3, 0.4) is 0 Å². The van der Waals surface area contributed by atoms with Crippen LogP contribution in [0.2, 0.25) is 0 Å². The molecule has 0 spiro atoms. The van der Waals surface area contributed by atoms with Crippen LogP contribution in [-0.2, 0) is 6.18 Å². The Hall–Kier alpha value is -3.65. The van der Waals surface area contributed by atoms with Crippen LogP contribution in [0, 0.1) is 5.92 Å². The van der Waals surface area contributed by atoms with Gasteiger partial charge in [0.05, 0.1) is 5.56 Å². The summed E-state index contributed by atoms with van der Waals surface area (Å²) in [7, 11) is 0. The van der Waals surface area contributed by atoms with E-state index >= 15 is 0 Å². The molecule has 0 radical (unpaired) electrons. The smallest absolute Gasteiger partial charge is 0.419 e. The molecule has 2 unspecified atom stereocenters. The molecule has 0 aromatic heterocycles. The third-order valence-electron chi connectivity index (χ3n) is 7.64. The zero-order valence-corrected chi connectivity index (χ0v) is 22.1. The Kier molecular flexibility index (Phi) is 7.25. The number of hydrogen-bond acceptors (Lipinski definition) is 5. The highest BCUT2D eigenvalue weighted by molar-refractivity contribution is 5.96. The van der Waals surface area contributed by atoms with Crippen LogP contribution in [0.4, 0.5) is 13.2 Å². The lowest BCUT2D eigenvalue weighted by atomic mass is 9.85. The van der Waals surface area contributed by atoms with E-state index in [0.29, 0.717) is 46.8 Å². The number of hydrogen-bond donors (Lipinski definition) is 2. The lowest BCUT2D eigenvalue weighted by Gasteiger charge is -2.31.